The Kier molecular flexibility index (Phi) is 5.22. The SMILES string of the molecule is CCCN1CCN(CC(N)C(C)(C)C)CC1. The number of nitrogens with two attached hydrogens (primary N) is 1. The van der Waals surface area contributed by atoms with Crippen molar-refractivity contribution >= 4 is 0 Å². The van der Waals surface area contributed by atoms with Crippen molar-refractivity contribution in [3.63, 3.8) is 0 Å². The first-order chi connectivity index (χ1) is 7.43. The summed E-state index contributed by atoms with van der Waals surface area (Å²) in [6.07, 6.45) is 1.27. The standard InChI is InChI=1S/C13H29N3/c1-5-6-15-7-9-16(10-8-15)11-12(14)13(2,3)4/h12H,5-11,14H2,1-4H3. The molecule has 0 saturated carbocycles. The van der Waals surface area contributed by atoms with Crippen LogP contribution in [0.3, 0.4) is 0 Å². The van der Waals surface area contributed by atoms with E-state index < -0.39 is 0 Å². The van der Waals surface area contributed by atoms with Crippen LogP contribution in [0, 0.1) is 5.41 Å². The first kappa shape index (κ1) is 13.9. The quantitative estimate of drug-likeness (QED) is 0.788. The highest BCUT2D eigenvalue weighted by molar-refractivity contribution is 4.82. The van der Waals surface area contributed by atoms with Crippen LogP contribution in [0.1, 0.15) is 34.1 Å². The zero-order valence-corrected chi connectivity index (χ0v) is 11.5. The number of nitrogens with zero attached hydrogens (tertiary/aromatic N) is 2. The van der Waals surface area contributed by atoms with Gasteiger partial charge in [-0.3, -0.25) is 4.90 Å². The number of hydrogen-bond donors (Lipinski definition) is 1. The molecule has 0 bridgehead atoms. The van der Waals surface area contributed by atoms with Crippen LogP contribution in [0.4, 0.5) is 0 Å². The summed E-state index contributed by atoms with van der Waals surface area (Å²) in [5.41, 5.74) is 6.44. The van der Waals surface area contributed by atoms with Crippen LogP contribution in [0.5, 0.6) is 0 Å². The van der Waals surface area contributed by atoms with E-state index in [1.54, 1.807) is 0 Å². The normalized spacial score (nSPS) is 22.3. The molecule has 0 amide bonds. The van der Waals surface area contributed by atoms with Crippen LogP contribution in [0.25, 0.3) is 0 Å². The third-order valence-corrected chi connectivity index (χ3v) is 3.57. The van der Waals surface area contributed by atoms with E-state index in [4.69, 9.17) is 5.73 Å². The Bertz CT molecular complexity index is 190. The fourth-order valence-electron chi connectivity index (χ4n) is 2.06. The zero-order valence-electron chi connectivity index (χ0n) is 11.5. The fraction of sp³-hybridized carbons (Fsp3) is 1.00. The molecule has 0 radical (unpaired) electrons. The Morgan fingerprint density at radius 3 is 2.00 bits per heavy atom. The van der Waals surface area contributed by atoms with Crippen molar-refractivity contribution in [2.45, 2.75) is 40.2 Å². The van der Waals surface area contributed by atoms with Gasteiger partial charge in [-0.05, 0) is 18.4 Å². The zero-order chi connectivity index (χ0) is 12.2. The highest BCUT2D eigenvalue weighted by Crippen LogP contribution is 2.18. The van der Waals surface area contributed by atoms with E-state index in [0.717, 1.165) is 6.54 Å². The van der Waals surface area contributed by atoms with Crippen molar-refractivity contribution in [3.05, 3.63) is 0 Å². The lowest BCUT2D eigenvalue weighted by Gasteiger charge is -2.38. The van der Waals surface area contributed by atoms with Gasteiger partial charge in [0.2, 0.25) is 0 Å². The minimum atomic E-state index is 0.223. The van der Waals surface area contributed by atoms with Gasteiger partial charge in [-0.1, -0.05) is 27.7 Å². The van der Waals surface area contributed by atoms with Crippen molar-refractivity contribution < 1.29 is 0 Å². The highest BCUT2D eigenvalue weighted by atomic mass is 15.3. The van der Waals surface area contributed by atoms with E-state index in [9.17, 15) is 0 Å². The Morgan fingerprint density at radius 2 is 1.56 bits per heavy atom. The van der Waals surface area contributed by atoms with Crippen LogP contribution in [-0.4, -0.2) is 55.1 Å². The topological polar surface area (TPSA) is 32.5 Å². The molecule has 3 heteroatoms. The van der Waals surface area contributed by atoms with E-state index in [-0.39, 0.29) is 11.5 Å². The summed E-state index contributed by atoms with van der Waals surface area (Å²) in [5.74, 6) is 0. The van der Waals surface area contributed by atoms with Gasteiger partial charge in [0, 0.05) is 38.8 Å². The summed E-state index contributed by atoms with van der Waals surface area (Å²) in [5, 5.41) is 0. The molecule has 3 nitrogen and oxygen atoms in total. The highest BCUT2D eigenvalue weighted by Gasteiger charge is 2.24. The molecule has 96 valence electrons. The van der Waals surface area contributed by atoms with Gasteiger partial charge in [-0.2, -0.15) is 0 Å². The summed E-state index contributed by atoms with van der Waals surface area (Å²) in [4.78, 5) is 5.07. The van der Waals surface area contributed by atoms with Gasteiger partial charge in [0.05, 0.1) is 0 Å². The summed E-state index contributed by atoms with van der Waals surface area (Å²) >= 11 is 0. The lowest BCUT2D eigenvalue weighted by Crippen LogP contribution is -2.52. The van der Waals surface area contributed by atoms with Gasteiger partial charge >= 0.3 is 0 Å². The van der Waals surface area contributed by atoms with Crippen molar-refractivity contribution in [3.8, 4) is 0 Å². The minimum Gasteiger partial charge on any atom is -0.326 e. The van der Waals surface area contributed by atoms with Gasteiger partial charge in [0.1, 0.15) is 0 Å². The Balaban J connectivity index is 2.27. The van der Waals surface area contributed by atoms with Crippen molar-refractivity contribution in [1.82, 2.24) is 9.80 Å². The third kappa shape index (κ3) is 4.40. The third-order valence-electron chi connectivity index (χ3n) is 3.57. The second kappa shape index (κ2) is 5.99. The molecule has 1 aliphatic heterocycles. The largest absolute Gasteiger partial charge is 0.326 e. The molecule has 1 heterocycles. The van der Waals surface area contributed by atoms with E-state index in [1.165, 1.54) is 39.1 Å². The van der Waals surface area contributed by atoms with Gasteiger partial charge in [0.25, 0.3) is 0 Å². The molecule has 1 unspecified atom stereocenters. The number of piperazine rings is 1. The van der Waals surface area contributed by atoms with Crippen LogP contribution in [0.2, 0.25) is 0 Å². The van der Waals surface area contributed by atoms with Crippen LogP contribution >= 0.6 is 0 Å². The molecule has 16 heavy (non-hydrogen) atoms. The van der Waals surface area contributed by atoms with Crippen LogP contribution in [-0.2, 0) is 0 Å². The number of rotatable bonds is 4. The smallest absolute Gasteiger partial charge is 0.0217 e. The average Bonchev–Trinajstić information content (AvgIpc) is 2.20. The molecule has 1 fully saturated rings. The van der Waals surface area contributed by atoms with Crippen molar-refractivity contribution in [2.24, 2.45) is 11.1 Å². The molecule has 1 atom stereocenters. The summed E-state index contributed by atoms with van der Waals surface area (Å²) in [6.45, 7) is 16.0. The molecular weight excluding hydrogens is 198 g/mol. The molecule has 0 aliphatic carbocycles. The Morgan fingerprint density at radius 1 is 1.06 bits per heavy atom. The fourth-order valence-corrected chi connectivity index (χ4v) is 2.06. The predicted octanol–water partition coefficient (Wildman–Crippen LogP) is 1.39. The molecule has 0 aromatic carbocycles. The number of hydrogen-bond acceptors (Lipinski definition) is 3. The molecule has 0 spiro atoms. The first-order valence-corrected chi connectivity index (χ1v) is 6.63. The maximum absolute atomic E-state index is 6.22. The molecule has 0 aromatic rings. The van der Waals surface area contributed by atoms with Gasteiger partial charge in [-0.25, -0.2) is 0 Å². The van der Waals surface area contributed by atoms with Gasteiger partial charge in [-0.15, -0.1) is 0 Å². The molecular formula is C13H29N3. The van der Waals surface area contributed by atoms with E-state index >= 15 is 0 Å². The molecule has 0 aromatic heterocycles. The summed E-state index contributed by atoms with van der Waals surface area (Å²) < 4.78 is 0. The van der Waals surface area contributed by atoms with Crippen molar-refractivity contribution in [2.75, 3.05) is 39.3 Å². The van der Waals surface area contributed by atoms with E-state index in [1.807, 2.05) is 0 Å². The van der Waals surface area contributed by atoms with Crippen molar-refractivity contribution in [1.29, 1.82) is 0 Å². The van der Waals surface area contributed by atoms with E-state index in [0.29, 0.717) is 0 Å². The maximum Gasteiger partial charge on any atom is 0.0217 e. The minimum absolute atomic E-state index is 0.223. The Labute approximate surface area is 101 Å². The van der Waals surface area contributed by atoms with Gasteiger partial charge in [0.15, 0.2) is 0 Å². The second-order valence-electron chi connectivity index (χ2n) is 6.11. The lowest BCUT2D eigenvalue weighted by molar-refractivity contribution is 0.112. The molecule has 1 saturated heterocycles. The van der Waals surface area contributed by atoms with E-state index in [2.05, 4.69) is 37.5 Å². The maximum atomic E-state index is 6.22. The predicted molar refractivity (Wildman–Crippen MR) is 70.6 cm³/mol. The average molecular weight is 227 g/mol. The van der Waals surface area contributed by atoms with Crippen LogP contribution < -0.4 is 5.73 Å². The van der Waals surface area contributed by atoms with Crippen LogP contribution in [0.15, 0.2) is 0 Å². The molecule has 1 rings (SSSR count). The monoisotopic (exact) mass is 227 g/mol. The first-order valence-electron chi connectivity index (χ1n) is 6.63. The van der Waals surface area contributed by atoms with Gasteiger partial charge < -0.3 is 10.6 Å². The summed E-state index contributed by atoms with van der Waals surface area (Å²) in [7, 11) is 0. The molecule has 1 aliphatic rings. The second-order valence-corrected chi connectivity index (χ2v) is 6.11. The Hall–Kier alpha value is -0.120. The lowest BCUT2D eigenvalue weighted by atomic mass is 9.87. The molecule has 2 N–H and O–H groups in total. The summed E-state index contributed by atoms with van der Waals surface area (Å²) in [6, 6.07) is 0.283.